The molecule has 1 fully saturated rings. The van der Waals surface area contributed by atoms with Crippen molar-refractivity contribution in [1.29, 1.82) is 0 Å². The normalized spacial score (nSPS) is 27.4. The van der Waals surface area contributed by atoms with Crippen LogP contribution in [0.5, 0.6) is 5.75 Å². The Labute approximate surface area is 107 Å². The van der Waals surface area contributed by atoms with Crippen LogP contribution in [-0.4, -0.2) is 23.7 Å². The fraction of sp³-hybridized carbons (Fsp3) is 0.571. The van der Waals surface area contributed by atoms with Gasteiger partial charge in [-0.15, -0.1) is 0 Å². The number of fused-ring (bicyclic) bond motifs is 1. The molecule has 1 atom stereocenters. The Morgan fingerprint density at radius 1 is 1.41 bits per heavy atom. The fourth-order valence-electron chi connectivity index (χ4n) is 2.56. The Morgan fingerprint density at radius 3 is 3.18 bits per heavy atom. The van der Waals surface area contributed by atoms with E-state index in [1.54, 1.807) is 0 Å². The molecule has 1 aromatic carbocycles. The highest BCUT2D eigenvalue weighted by Gasteiger charge is 2.32. The van der Waals surface area contributed by atoms with E-state index in [2.05, 4.69) is 30.4 Å². The standard InChI is InChI=1S/C14H19NOS/c1-14(7-9-17-10-14)16-12-6-2-4-11-5-3-8-15-13(11)12/h2,4,6,15H,3,5,7-10H2,1H3. The van der Waals surface area contributed by atoms with Crippen LogP contribution < -0.4 is 10.1 Å². The van der Waals surface area contributed by atoms with Crippen LogP contribution in [0.25, 0.3) is 0 Å². The van der Waals surface area contributed by atoms with Gasteiger partial charge in [0.25, 0.3) is 0 Å². The van der Waals surface area contributed by atoms with Crippen molar-refractivity contribution in [3.8, 4) is 5.75 Å². The van der Waals surface area contributed by atoms with E-state index in [4.69, 9.17) is 4.74 Å². The molecule has 0 saturated carbocycles. The molecule has 2 nitrogen and oxygen atoms in total. The maximum Gasteiger partial charge on any atom is 0.143 e. The molecule has 1 aromatic rings. The number of hydrogen-bond acceptors (Lipinski definition) is 3. The summed E-state index contributed by atoms with van der Waals surface area (Å²) < 4.78 is 6.28. The first-order valence-electron chi connectivity index (χ1n) is 6.39. The van der Waals surface area contributed by atoms with E-state index in [0.717, 1.165) is 24.5 Å². The van der Waals surface area contributed by atoms with E-state index in [1.807, 2.05) is 11.8 Å². The quantitative estimate of drug-likeness (QED) is 0.869. The first kappa shape index (κ1) is 11.3. The van der Waals surface area contributed by atoms with Crippen molar-refractivity contribution in [2.24, 2.45) is 0 Å². The van der Waals surface area contributed by atoms with Crippen molar-refractivity contribution in [3.63, 3.8) is 0 Å². The van der Waals surface area contributed by atoms with Crippen LogP contribution in [0.1, 0.15) is 25.3 Å². The zero-order valence-electron chi connectivity index (χ0n) is 10.3. The van der Waals surface area contributed by atoms with Crippen molar-refractivity contribution in [1.82, 2.24) is 0 Å². The third-order valence-electron chi connectivity index (χ3n) is 3.58. The van der Waals surface area contributed by atoms with Crippen LogP contribution in [0, 0.1) is 0 Å². The summed E-state index contributed by atoms with van der Waals surface area (Å²) in [6, 6.07) is 6.43. The second kappa shape index (κ2) is 4.45. The number of rotatable bonds is 2. The van der Waals surface area contributed by atoms with Gasteiger partial charge in [-0.3, -0.25) is 0 Å². The summed E-state index contributed by atoms with van der Waals surface area (Å²) in [7, 11) is 0. The number of thioether (sulfide) groups is 1. The molecule has 0 amide bonds. The van der Waals surface area contributed by atoms with Gasteiger partial charge in [0.1, 0.15) is 11.4 Å². The van der Waals surface area contributed by atoms with Crippen LogP contribution in [0.15, 0.2) is 18.2 Å². The lowest BCUT2D eigenvalue weighted by Gasteiger charge is -2.28. The summed E-state index contributed by atoms with van der Waals surface area (Å²) in [5, 5.41) is 3.49. The molecular weight excluding hydrogens is 230 g/mol. The van der Waals surface area contributed by atoms with Crippen molar-refractivity contribution in [3.05, 3.63) is 23.8 Å². The molecule has 1 saturated heterocycles. The Morgan fingerprint density at radius 2 is 2.35 bits per heavy atom. The maximum atomic E-state index is 6.28. The van der Waals surface area contributed by atoms with Crippen molar-refractivity contribution in [2.75, 3.05) is 23.4 Å². The van der Waals surface area contributed by atoms with Crippen molar-refractivity contribution < 1.29 is 4.74 Å². The van der Waals surface area contributed by atoms with Crippen molar-refractivity contribution >= 4 is 17.4 Å². The van der Waals surface area contributed by atoms with Gasteiger partial charge in [-0.05, 0) is 43.6 Å². The zero-order chi connectivity index (χ0) is 11.7. The van der Waals surface area contributed by atoms with Gasteiger partial charge in [-0.2, -0.15) is 11.8 Å². The van der Waals surface area contributed by atoms with Gasteiger partial charge in [0, 0.05) is 12.3 Å². The molecule has 92 valence electrons. The number of aryl methyl sites for hydroxylation is 1. The molecule has 1 unspecified atom stereocenters. The Hall–Kier alpha value is -0.830. The summed E-state index contributed by atoms with van der Waals surface area (Å²) >= 11 is 1.99. The van der Waals surface area contributed by atoms with Gasteiger partial charge in [0.05, 0.1) is 5.69 Å². The monoisotopic (exact) mass is 249 g/mol. The molecule has 2 aliphatic rings. The molecule has 0 aliphatic carbocycles. The van der Waals surface area contributed by atoms with E-state index in [-0.39, 0.29) is 5.60 Å². The van der Waals surface area contributed by atoms with E-state index in [1.165, 1.54) is 29.8 Å². The van der Waals surface area contributed by atoms with Gasteiger partial charge in [0.15, 0.2) is 0 Å². The summed E-state index contributed by atoms with van der Waals surface area (Å²) in [5.41, 5.74) is 2.67. The molecule has 0 spiro atoms. The fourth-order valence-corrected chi connectivity index (χ4v) is 3.91. The Kier molecular flexibility index (Phi) is 2.95. The summed E-state index contributed by atoms with van der Waals surface area (Å²) in [6.45, 7) is 3.30. The maximum absolute atomic E-state index is 6.28. The van der Waals surface area contributed by atoms with Crippen LogP contribution in [0.4, 0.5) is 5.69 Å². The lowest BCUT2D eigenvalue weighted by Crippen LogP contribution is -2.32. The van der Waals surface area contributed by atoms with E-state index < -0.39 is 0 Å². The zero-order valence-corrected chi connectivity index (χ0v) is 11.1. The van der Waals surface area contributed by atoms with Gasteiger partial charge in [-0.1, -0.05) is 12.1 Å². The minimum Gasteiger partial charge on any atom is -0.485 e. The molecule has 17 heavy (non-hydrogen) atoms. The Bertz CT molecular complexity index is 413. The van der Waals surface area contributed by atoms with E-state index >= 15 is 0 Å². The first-order chi connectivity index (χ1) is 8.27. The third-order valence-corrected chi connectivity index (χ3v) is 4.88. The average Bonchev–Trinajstić information content (AvgIpc) is 2.76. The molecule has 0 bridgehead atoms. The van der Waals surface area contributed by atoms with Crippen LogP contribution in [0.3, 0.4) is 0 Å². The van der Waals surface area contributed by atoms with Crippen LogP contribution in [0.2, 0.25) is 0 Å². The summed E-state index contributed by atoms with van der Waals surface area (Å²) in [4.78, 5) is 0. The smallest absolute Gasteiger partial charge is 0.143 e. The second-order valence-corrected chi connectivity index (χ2v) is 6.28. The lowest BCUT2D eigenvalue weighted by atomic mass is 10.0. The predicted octanol–water partition coefficient (Wildman–Crippen LogP) is 3.32. The van der Waals surface area contributed by atoms with Crippen LogP contribution in [-0.2, 0) is 6.42 Å². The Balaban J connectivity index is 1.87. The lowest BCUT2D eigenvalue weighted by molar-refractivity contribution is 0.118. The first-order valence-corrected chi connectivity index (χ1v) is 7.55. The number of benzene rings is 1. The number of nitrogens with one attached hydrogen (secondary N) is 1. The van der Waals surface area contributed by atoms with Gasteiger partial charge in [-0.25, -0.2) is 0 Å². The van der Waals surface area contributed by atoms with E-state index in [9.17, 15) is 0 Å². The van der Waals surface area contributed by atoms with Gasteiger partial charge >= 0.3 is 0 Å². The molecule has 3 heteroatoms. The molecule has 0 radical (unpaired) electrons. The highest BCUT2D eigenvalue weighted by Crippen LogP contribution is 2.38. The van der Waals surface area contributed by atoms with Crippen LogP contribution >= 0.6 is 11.8 Å². The number of hydrogen-bond donors (Lipinski definition) is 1. The minimum absolute atomic E-state index is 0.0267. The summed E-state index contributed by atoms with van der Waals surface area (Å²) in [5.74, 6) is 3.38. The highest BCUT2D eigenvalue weighted by molar-refractivity contribution is 7.99. The predicted molar refractivity (Wildman–Crippen MR) is 74.2 cm³/mol. The topological polar surface area (TPSA) is 21.3 Å². The molecule has 2 aliphatic heterocycles. The molecule has 3 rings (SSSR count). The minimum atomic E-state index is 0.0267. The largest absolute Gasteiger partial charge is 0.485 e. The number of ether oxygens (including phenoxy) is 1. The average molecular weight is 249 g/mol. The summed E-state index contributed by atoms with van der Waals surface area (Å²) in [6.07, 6.45) is 3.55. The highest BCUT2D eigenvalue weighted by atomic mass is 32.2. The second-order valence-electron chi connectivity index (χ2n) is 5.18. The number of anilines is 1. The SMILES string of the molecule is CC1(Oc2cccc3c2NCCC3)CCSC1. The molecule has 0 aromatic heterocycles. The molecule has 1 N–H and O–H groups in total. The van der Waals surface area contributed by atoms with Gasteiger partial charge < -0.3 is 10.1 Å². The van der Waals surface area contributed by atoms with E-state index in [0.29, 0.717) is 0 Å². The number of para-hydroxylation sites is 1. The van der Waals surface area contributed by atoms with Crippen molar-refractivity contribution in [2.45, 2.75) is 31.8 Å². The molecule has 2 heterocycles. The molecular formula is C14H19NOS. The third kappa shape index (κ3) is 2.25. The van der Waals surface area contributed by atoms with Gasteiger partial charge in [0.2, 0.25) is 0 Å².